The van der Waals surface area contributed by atoms with Crippen LogP contribution in [0.1, 0.15) is 72.6 Å². The number of likely N-dealkylation sites (tertiary alicyclic amines) is 1. The van der Waals surface area contributed by atoms with Crippen LogP contribution in [0.2, 0.25) is 0 Å². The molecule has 1 fully saturated rings. The van der Waals surface area contributed by atoms with Gasteiger partial charge in [-0.15, -0.1) is 0 Å². The highest BCUT2D eigenvalue weighted by molar-refractivity contribution is 5.79. The maximum atomic E-state index is 12.4. The molecular weight excluding hydrogens is 396 g/mol. The number of hydrogen-bond donors (Lipinski definition) is 1. The minimum absolute atomic E-state index is 0.130. The highest BCUT2D eigenvalue weighted by Gasteiger charge is 2.27. The molecule has 8 heteroatoms. The predicted octanol–water partition coefficient (Wildman–Crippen LogP) is 3.65. The molecule has 1 N–H and O–H groups in total. The Balaban J connectivity index is 2.30. The Morgan fingerprint density at radius 3 is 2.32 bits per heavy atom. The zero-order valence-electron chi connectivity index (χ0n) is 20.5. The molecule has 1 aliphatic heterocycles. The third kappa shape index (κ3) is 11.3. The molecular formula is C23H44N4O4. The number of nitrogens with zero attached hydrogens (tertiary/aromatic N) is 3. The number of unbranched alkanes of at least 4 members (excludes halogenated alkanes) is 3. The van der Waals surface area contributed by atoms with E-state index in [1.54, 1.807) is 0 Å². The van der Waals surface area contributed by atoms with Crippen LogP contribution in [0, 0.1) is 5.92 Å². The monoisotopic (exact) mass is 440 g/mol. The number of guanidine groups is 1. The van der Waals surface area contributed by atoms with E-state index in [2.05, 4.69) is 19.9 Å². The van der Waals surface area contributed by atoms with Gasteiger partial charge in [0.05, 0.1) is 7.11 Å². The zero-order valence-corrected chi connectivity index (χ0v) is 20.5. The van der Waals surface area contributed by atoms with Gasteiger partial charge in [0.1, 0.15) is 5.60 Å². The molecule has 31 heavy (non-hydrogen) atoms. The maximum absolute atomic E-state index is 12.4. The average Bonchev–Trinajstić information content (AvgIpc) is 2.73. The Bertz CT molecular complexity index is 566. The van der Waals surface area contributed by atoms with Crippen molar-refractivity contribution in [1.82, 2.24) is 15.1 Å². The van der Waals surface area contributed by atoms with Gasteiger partial charge in [-0.25, -0.2) is 4.79 Å². The van der Waals surface area contributed by atoms with E-state index in [-0.39, 0.29) is 12.1 Å². The highest BCUT2D eigenvalue weighted by Crippen LogP contribution is 2.20. The van der Waals surface area contributed by atoms with Crippen LogP contribution in [0.5, 0.6) is 0 Å². The van der Waals surface area contributed by atoms with Gasteiger partial charge in [0.15, 0.2) is 5.96 Å². The first-order valence-corrected chi connectivity index (χ1v) is 11.7. The van der Waals surface area contributed by atoms with E-state index >= 15 is 0 Å². The quantitative estimate of drug-likeness (QED) is 0.242. The second kappa shape index (κ2) is 14.1. The molecule has 0 saturated carbocycles. The second-order valence-corrected chi connectivity index (χ2v) is 9.16. The molecule has 180 valence electrons. The summed E-state index contributed by atoms with van der Waals surface area (Å²) in [6, 6.07) is 0. The van der Waals surface area contributed by atoms with Crippen LogP contribution in [0.25, 0.3) is 0 Å². The van der Waals surface area contributed by atoms with Crippen molar-refractivity contribution in [2.24, 2.45) is 10.9 Å². The Morgan fingerprint density at radius 2 is 1.77 bits per heavy atom. The summed E-state index contributed by atoms with van der Waals surface area (Å²) in [6.45, 7) is 11.9. The molecule has 0 aliphatic carbocycles. The van der Waals surface area contributed by atoms with Gasteiger partial charge in [-0.1, -0.05) is 12.8 Å². The lowest BCUT2D eigenvalue weighted by atomic mass is 9.96. The van der Waals surface area contributed by atoms with Gasteiger partial charge in [0.25, 0.3) is 0 Å². The number of rotatable bonds is 10. The molecule has 0 bridgehead atoms. The van der Waals surface area contributed by atoms with Gasteiger partial charge in [-0.05, 0) is 59.3 Å². The summed E-state index contributed by atoms with van der Waals surface area (Å²) in [5.41, 5.74) is -0.465. The third-order valence-corrected chi connectivity index (χ3v) is 5.46. The standard InChI is InChI=1S/C23H44N4O4/c1-7-26(22(29)31-23(2,3)4)18-19-13-16-27(17-14-19)21(24-5)25-15-11-9-8-10-12-20(28)30-6/h19H,7-18H2,1-6H3,(H,24,25). The van der Waals surface area contributed by atoms with E-state index in [1.165, 1.54) is 7.11 Å². The smallest absolute Gasteiger partial charge is 0.410 e. The van der Waals surface area contributed by atoms with Gasteiger partial charge in [0, 0.05) is 46.2 Å². The molecule has 1 amide bonds. The van der Waals surface area contributed by atoms with Crippen LogP contribution < -0.4 is 5.32 Å². The first-order chi connectivity index (χ1) is 14.7. The molecule has 1 heterocycles. The predicted molar refractivity (Wildman–Crippen MR) is 124 cm³/mol. The molecule has 0 radical (unpaired) electrons. The van der Waals surface area contributed by atoms with Crippen LogP contribution in [-0.4, -0.2) is 80.3 Å². The van der Waals surface area contributed by atoms with Crippen LogP contribution in [0.15, 0.2) is 4.99 Å². The van der Waals surface area contributed by atoms with Gasteiger partial charge in [-0.3, -0.25) is 9.79 Å². The van der Waals surface area contributed by atoms with Crippen molar-refractivity contribution in [3.8, 4) is 0 Å². The number of carbonyl (C=O) groups is 2. The van der Waals surface area contributed by atoms with E-state index in [0.717, 1.165) is 70.7 Å². The molecule has 0 unspecified atom stereocenters. The number of piperidine rings is 1. The number of aliphatic imine (C=N–C) groups is 1. The van der Waals surface area contributed by atoms with Crippen LogP contribution in [-0.2, 0) is 14.3 Å². The summed E-state index contributed by atoms with van der Waals surface area (Å²) < 4.78 is 10.2. The summed E-state index contributed by atoms with van der Waals surface area (Å²) in [6.07, 6.45) is 6.41. The highest BCUT2D eigenvalue weighted by atomic mass is 16.6. The van der Waals surface area contributed by atoms with Crippen molar-refractivity contribution in [3.05, 3.63) is 0 Å². The molecule has 0 spiro atoms. The largest absolute Gasteiger partial charge is 0.469 e. The number of ether oxygens (including phenoxy) is 2. The lowest BCUT2D eigenvalue weighted by molar-refractivity contribution is -0.140. The van der Waals surface area contributed by atoms with E-state index in [0.29, 0.717) is 18.9 Å². The van der Waals surface area contributed by atoms with Crippen molar-refractivity contribution >= 4 is 18.0 Å². The van der Waals surface area contributed by atoms with Crippen molar-refractivity contribution < 1.29 is 19.1 Å². The lowest BCUT2D eigenvalue weighted by Crippen LogP contribution is -2.48. The summed E-state index contributed by atoms with van der Waals surface area (Å²) in [5.74, 6) is 1.30. The summed E-state index contributed by atoms with van der Waals surface area (Å²) >= 11 is 0. The second-order valence-electron chi connectivity index (χ2n) is 9.16. The van der Waals surface area contributed by atoms with Gasteiger partial charge in [-0.2, -0.15) is 0 Å². The van der Waals surface area contributed by atoms with E-state index in [1.807, 2.05) is 39.6 Å². The maximum Gasteiger partial charge on any atom is 0.410 e. The first-order valence-electron chi connectivity index (χ1n) is 11.7. The van der Waals surface area contributed by atoms with Gasteiger partial charge >= 0.3 is 12.1 Å². The van der Waals surface area contributed by atoms with Gasteiger partial charge in [0.2, 0.25) is 0 Å². The molecule has 8 nitrogen and oxygen atoms in total. The zero-order chi connectivity index (χ0) is 23.3. The van der Waals surface area contributed by atoms with Crippen molar-refractivity contribution in [2.75, 3.05) is 46.9 Å². The molecule has 0 aromatic heterocycles. The Morgan fingerprint density at radius 1 is 1.13 bits per heavy atom. The molecule has 1 rings (SSSR count). The number of carbonyl (C=O) groups excluding carboxylic acids is 2. The van der Waals surface area contributed by atoms with Crippen molar-refractivity contribution in [2.45, 2.75) is 78.2 Å². The van der Waals surface area contributed by atoms with Crippen LogP contribution >= 0.6 is 0 Å². The van der Waals surface area contributed by atoms with E-state index in [4.69, 9.17) is 4.74 Å². The number of hydrogen-bond acceptors (Lipinski definition) is 5. The fourth-order valence-corrected chi connectivity index (χ4v) is 3.68. The summed E-state index contributed by atoms with van der Waals surface area (Å²) in [4.78, 5) is 32.1. The van der Waals surface area contributed by atoms with Crippen molar-refractivity contribution in [1.29, 1.82) is 0 Å². The Hall–Kier alpha value is -1.99. The number of nitrogens with one attached hydrogen (secondary N) is 1. The number of esters is 1. The molecule has 1 aliphatic rings. The fraction of sp³-hybridized carbons (Fsp3) is 0.870. The SMILES string of the molecule is CCN(CC1CCN(C(=NC)NCCCCCCC(=O)OC)CC1)C(=O)OC(C)(C)C. The molecule has 0 atom stereocenters. The molecule has 0 aromatic carbocycles. The fourth-order valence-electron chi connectivity index (χ4n) is 3.68. The van der Waals surface area contributed by atoms with Crippen LogP contribution in [0.3, 0.4) is 0 Å². The summed E-state index contributed by atoms with van der Waals surface area (Å²) in [7, 11) is 3.26. The lowest BCUT2D eigenvalue weighted by Gasteiger charge is -2.36. The van der Waals surface area contributed by atoms with E-state index in [9.17, 15) is 9.59 Å². The van der Waals surface area contributed by atoms with Crippen molar-refractivity contribution in [3.63, 3.8) is 0 Å². The minimum atomic E-state index is -0.465. The topological polar surface area (TPSA) is 83.5 Å². The van der Waals surface area contributed by atoms with Crippen LogP contribution in [0.4, 0.5) is 4.79 Å². The van der Waals surface area contributed by atoms with Gasteiger partial charge < -0.3 is 24.6 Å². The normalized spacial score (nSPS) is 15.5. The van der Waals surface area contributed by atoms with E-state index < -0.39 is 5.60 Å². The first kappa shape index (κ1) is 27.0. The third-order valence-electron chi connectivity index (χ3n) is 5.46. The summed E-state index contributed by atoms with van der Waals surface area (Å²) in [5, 5.41) is 3.46. The minimum Gasteiger partial charge on any atom is -0.469 e. The average molecular weight is 441 g/mol. The number of methoxy groups -OCH3 is 1. The molecule has 0 aromatic rings. The Kier molecular flexibility index (Phi) is 12.3. The molecule has 1 saturated heterocycles. The Labute approximate surface area is 188 Å². The number of amides is 1.